The molecular weight excluding hydrogens is 281 g/mol. The first-order chi connectivity index (χ1) is 10.4. The van der Waals surface area contributed by atoms with Gasteiger partial charge in [-0.05, 0) is 31.7 Å². The Morgan fingerprint density at radius 3 is 2.73 bits per heavy atom. The number of carbonyl (C=O) groups excluding carboxylic acids is 2. The third-order valence-corrected chi connectivity index (χ3v) is 4.38. The summed E-state index contributed by atoms with van der Waals surface area (Å²) in [5.74, 6) is -0.511. The molecule has 118 valence electrons. The molecule has 2 rings (SSSR count). The highest BCUT2D eigenvalue weighted by atomic mass is 16.5. The Morgan fingerprint density at radius 1 is 1.45 bits per heavy atom. The molecule has 0 heterocycles. The van der Waals surface area contributed by atoms with Gasteiger partial charge in [-0.25, -0.2) is 0 Å². The third kappa shape index (κ3) is 3.68. The van der Waals surface area contributed by atoms with E-state index in [0.29, 0.717) is 19.3 Å². The number of aliphatic hydroxyl groups excluding tert-OH is 1. The van der Waals surface area contributed by atoms with E-state index in [1.54, 1.807) is 6.92 Å². The van der Waals surface area contributed by atoms with Crippen molar-refractivity contribution in [2.24, 2.45) is 5.41 Å². The Kier molecular flexibility index (Phi) is 5.24. The molecule has 22 heavy (non-hydrogen) atoms. The smallest absolute Gasteiger partial charge is 0.315 e. The van der Waals surface area contributed by atoms with Gasteiger partial charge < -0.3 is 15.2 Å². The number of carbonyl (C=O) groups is 2. The summed E-state index contributed by atoms with van der Waals surface area (Å²) in [6.07, 6.45) is 0.793. The van der Waals surface area contributed by atoms with Crippen molar-refractivity contribution >= 4 is 19.6 Å². The van der Waals surface area contributed by atoms with Gasteiger partial charge in [-0.2, -0.15) is 0 Å². The molecule has 0 aliphatic heterocycles. The molecule has 1 aromatic carbocycles. The number of esters is 1. The normalized spacial score (nSPS) is 25.5. The first kappa shape index (κ1) is 16.6. The van der Waals surface area contributed by atoms with E-state index >= 15 is 0 Å². The first-order valence-corrected chi connectivity index (χ1v) is 7.60. The topological polar surface area (TPSA) is 75.6 Å². The molecular formula is C16H22BNO4. The summed E-state index contributed by atoms with van der Waals surface area (Å²) in [6.45, 7) is 1.80. The second-order valence-electron chi connectivity index (χ2n) is 6.03. The predicted molar refractivity (Wildman–Crippen MR) is 85.1 cm³/mol. The average Bonchev–Trinajstić information content (AvgIpc) is 2.90. The molecule has 1 amide bonds. The summed E-state index contributed by atoms with van der Waals surface area (Å²) in [7, 11) is 1.45. The molecule has 0 spiro atoms. The monoisotopic (exact) mass is 303 g/mol. The highest BCUT2D eigenvalue weighted by molar-refractivity contribution is 6.57. The van der Waals surface area contributed by atoms with Crippen molar-refractivity contribution in [1.29, 1.82) is 0 Å². The van der Waals surface area contributed by atoms with E-state index in [4.69, 9.17) is 4.74 Å². The summed E-state index contributed by atoms with van der Waals surface area (Å²) in [5.41, 5.74) is -0.0185. The summed E-state index contributed by atoms with van der Waals surface area (Å²) in [6, 6.07) is 9.36. The lowest BCUT2D eigenvalue weighted by Gasteiger charge is -2.30. The number of nitrogens with one attached hydrogen (secondary N) is 1. The zero-order chi connectivity index (χ0) is 16.2. The Bertz CT molecular complexity index is 534. The molecule has 3 atom stereocenters. The zero-order valence-corrected chi connectivity index (χ0v) is 13.0. The van der Waals surface area contributed by atoms with Crippen LogP contribution in [0.4, 0.5) is 4.79 Å². The van der Waals surface area contributed by atoms with Gasteiger partial charge in [0.15, 0.2) is 5.81 Å². The van der Waals surface area contributed by atoms with Crippen LogP contribution in [0.25, 0.3) is 0 Å². The lowest BCUT2D eigenvalue weighted by Crippen LogP contribution is -2.42. The largest absolute Gasteiger partial charge is 0.460 e. The van der Waals surface area contributed by atoms with E-state index in [2.05, 4.69) is 5.32 Å². The Balaban J connectivity index is 2.02. The summed E-state index contributed by atoms with van der Waals surface area (Å²) < 4.78 is 5.42. The van der Waals surface area contributed by atoms with Gasteiger partial charge in [0.25, 0.3) is 0 Å². The number of amides is 1. The second kappa shape index (κ2) is 6.96. The lowest BCUT2D eigenvalue weighted by molar-refractivity contribution is -0.164. The Labute approximate surface area is 131 Å². The fourth-order valence-electron chi connectivity index (χ4n) is 3.09. The fourth-order valence-corrected chi connectivity index (χ4v) is 3.09. The number of benzene rings is 1. The highest BCUT2D eigenvalue weighted by Gasteiger charge is 2.50. The van der Waals surface area contributed by atoms with Gasteiger partial charge in [0.05, 0.1) is 11.5 Å². The molecule has 1 fully saturated rings. The van der Waals surface area contributed by atoms with Crippen LogP contribution in [0.1, 0.15) is 31.7 Å². The fraction of sp³-hybridized carbons (Fsp3) is 0.500. The van der Waals surface area contributed by atoms with Crippen LogP contribution >= 0.6 is 0 Å². The maximum Gasteiger partial charge on any atom is 0.315 e. The molecule has 5 nitrogen and oxygen atoms in total. The molecule has 0 saturated heterocycles. The maximum atomic E-state index is 12.5. The number of hydrogen-bond acceptors (Lipinski definition) is 4. The lowest BCUT2D eigenvalue weighted by atomic mass is 9.80. The van der Waals surface area contributed by atoms with E-state index in [1.165, 1.54) is 7.85 Å². The first-order valence-electron chi connectivity index (χ1n) is 7.60. The van der Waals surface area contributed by atoms with Gasteiger partial charge in [-0.15, -0.1) is 0 Å². The quantitative estimate of drug-likeness (QED) is 0.628. The van der Waals surface area contributed by atoms with Crippen LogP contribution in [0.3, 0.4) is 0 Å². The van der Waals surface area contributed by atoms with E-state index in [1.807, 2.05) is 30.3 Å². The van der Waals surface area contributed by atoms with Gasteiger partial charge in [0.2, 0.25) is 7.85 Å². The molecule has 6 heteroatoms. The van der Waals surface area contributed by atoms with Crippen LogP contribution in [-0.4, -0.2) is 36.9 Å². The summed E-state index contributed by atoms with van der Waals surface area (Å²) in [4.78, 5) is 23.7. The molecule has 1 saturated carbocycles. The minimum atomic E-state index is -0.929. The minimum absolute atomic E-state index is 0.0867. The zero-order valence-electron chi connectivity index (χ0n) is 13.0. The van der Waals surface area contributed by atoms with Gasteiger partial charge in [0, 0.05) is 6.04 Å². The van der Waals surface area contributed by atoms with Crippen LogP contribution in [0.15, 0.2) is 30.3 Å². The standard InChI is InChI=1S/C16H22BNO4/c1-11(19)16(8-7-13(9-16)18-15(17)21)14(20)22-10-12-5-3-2-4-6-12/h2-6,11,13,19H,7-10,17H2,1H3,(H,18,21)/t11?,13-,16+/m1/s1. The maximum absolute atomic E-state index is 12.5. The van der Waals surface area contributed by atoms with E-state index in [0.717, 1.165) is 5.56 Å². The summed E-state index contributed by atoms with van der Waals surface area (Å²) >= 11 is 0. The van der Waals surface area contributed by atoms with Crippen molar-refractivity contribution in [2.75, 3.05) is 0 Å². The number of rotatable bonds is 5. The molecule has 1 aliphatic carbocycles. The van der Waals surface area contributed by atoms with Gasteiger partial charge in [0.1, 0.15) is 6.61 Å². The third-order valence-electron chi connectivity index (χ3n) is 4.38. The van der Waals surface area contributed by atoms with Crippen LogP contribution in [-0.2, 0) is 16.1 Å². The average molecular weight is 303 g/mol. The SMILES string of the molecule is BC(=O)N[C@@H]1CC[C@@](C(=O)OCc2ccccc2)(C(C)O)C1. The van der Waals surface area contributed by atoms with Crippen LogP contribution in [0, 0.1) is 5.41 Å². The van der Waals surface area contributed by atoms with Crippen molar-refractivity contribution < 1.29 is 19.4 Å². The molecule has 1 unspecified atom stereocenters. The van der Waals surface area contributed by atoms with Crippen molar-refractivity contribution in [3.63, 3.8) is 0 Å². The van der Waals surface area contributed by atoms with E-state index in [9.17, 15) is 14.7 Å². The van der Waals surface area contributed by atoms with Crippen LogP contribution in [0.2, 0.25) is 0 Å². The molecule has 0 radical (unpaired) electrons. The van der Waals surface area contributed by atoms with E-state index < -0.39 is 11.5 Å². The number of hydrogen-bond donors (Lipinski definition) is 2. The van der Waals surface area contributed by atoms with Crippen LogP contribution in [0.5, 0.6) is 0 Å². The Morgan fingerprint density at radius 2 is 2.14 bits per heavy atom. The summed E-state index contributed by atoms with van der Waals surface area (Å²) in [5, 5.41) is 12.9. The van der Waals surface area contributed by atoms with Crippen LogP contribution < -0.4 is 5.32 Å². The van der Waals surface area contributed by atoms with Gasteiger partial charge >= 0.3 is 5.97 Å². The second-order valence-corrected chi connectivity index (χ2v) is 6.03. The van der Waals surface area contributed by atoms with Crippen molar-refractivity contribution in [3.05, 3.63) is 35.9 Å². The molecule has 0 bridgehead atoms. The number of ether oxygens (including phenoxy) is 1. The minimum Gasteiger partial charge on any atom is -0.460 e. The molecule has 2 N–H and O–H groups in total. The van der Waals surface area contributed by atoms with E-state index in [-0.39, 0.29) is 24.4 Å². The van der Waals surface area contributed by atoms with Crippen molar-refractivity contribution in [1.82, 2.24) is 5.32 Å². The molecule has 0 aromatic heterocycles. The van der Waals surface area contributed by atoms with Crippen molar-refractivity contribution in [3.8, 4) is 0 Å². The highest BCUT2D eigenvalue weighted by Crippen LogP contribution is 2.42. The number of aliphatic hydroxyl groups is 1. The molecule has 1 aromatic rings. The molecule has 1 aliphatic rings. The van der Waals surface area contributed by atoms with Crippen molar-refractivity contribution in [2.45, 2.75) is 44.9 Å². The Hall–Kier alpha value is -1.82. The predicted octanol–water partition coefficient (Wildman–Crippen LogP) is 0.992. The van der Waals surface area contributed by atoms with Gasteiger partial charge in [-0.1, -0.05) is 30.3 Å². The van der Waals surface area contributed by atoms with Gasteiger partial charge in [-0.3, -0.25) is 9.59 Å².